The molecule has 4 nitrogen and oxygen atoms in total. The number of nitrogens with one attached hydrogen (secondary N) is 1. The summed E-state index contributed by atoms with van der Waals surface area (Å²) in [6.45, 7) is 5.63. The molecule has 1 N–H and O–H groups in total. The van der Waals surface area contributed by atoms with Gasteiger partial charge in [0.2, 0.25) is 5.91 Å². The van der Waals surface area contributed by atoms with E-state index in [-0.39, 0.29) is 11.9 Å². The van der Waals surface area contributed by atoms with Gasteiger partial charge in [-0.15, -0.1) is 0 Å². The Bertz CT molecular complexity index is 603. The number of aromatic nitrogens is 1. The molecule has 0 spiro atoms. The number of halogens is 1. The first-order valence-corrected chi connectivity index (χ1v) is 7.23. The lowest BCUT2D eigenvalue weighted by molar-refractivity contribution is -0.121. The van der Waals surface area contributed by atoms with Gasteiger partial charge in [0, 0.05) is 10.0 Å². The molecule has 0 unspecified atom stereocenters. The van der Waals surface area contributed by atoms with Gasteiger partial charge >= 0.3 is 0 Å². The number of rotatable bonds is 4. The summed E-state index contributed by atoms with van der Waals surface area (Å²) in [6, 6.07) is 7.87. The second-order valence-corrected chi connectivity index (χ2v) is 5.74. The number of hydrogen-bond acceptors (Lipinski definition) is 3. The number of hydrogen-bond donors (Lipinski definition) is 1. The standard InChI is InChI=1S/C15H17BrN2O2/c1-9(12-5-4-6-13(16)7-12)17-15(19)8-14-10(2)18-20-11(14)3/h4-7,9H,8H2,1-3H3,(H,17,19)/t9-/m1/s1. The van der Waals surface area contributed by atoms with Crippen LogP contribution >= 0.6 is 15.9 Å². The molecular formula is C15H17BrN2O2. The van der Waals surface area contributed by atoms with Gasteiger partial charge in [0.25, 0.3) is 0 Å². The summed E-state index contributed by atoms with van der Waals surface area (Å²) in [4.78, 5) is 12.1. The van der Waals surface area contributed by atoms with Crippen LogP contribution in [0.2, 0.25) is 0 Å². The lowest BCUT2D eigenvalue weighted by Crippen LogP contribution is -2.28. The van der Waals surface area contributed by atoms with E-state index in [1.165, 1.54) is 0 Å². The Morgan fingerprint density at radius 2 is 2.20 bits per heavy atom. The van der Waals surface area contributed by atoms with Gasteiger partial charge in [-0.3, -0.25) is 4.79 Å². The fourth-order valence-electron chi connectivity index (χ4n) is 2.07. The monoisotopic (exact) mass is 336 g/mol. The summed E-state index contributed by atoms with van der Waals surface area (Å²) < 4.78 is 6.07. The maximum Gasteiger partial charge on any atom is 0.225 e. The first kappa shape index (κ1) is 14.8. The van der Waals surface area contributed by atoms with Gasteiger partial charge in [-0.25, -0.2) is 0 Å². The van der Waals surface area contributed by atoms with Crippen molar-refractivity contribution >= 4 is 21.8 Å². The molecule has 0 aliphatic carbocycles. The zero-order valence-corrected chi connectivity index (χ0v) is 13.3. The van der Waals surface area contributed by atoms with Crippen LogP contribution in [0.15, 0.2) is 33.3 Å². The van der Waals surface area contributed by atoms with Crippen molar-refractivity contribution in [3.8, 4) is 0 Å². The van der Waals surface area contributed by atoms with E-state index in [2.05, 4.69) is 26.4 Å². The van der Waals surface area contributed by atoms with Crippen LogP contribution in [0.3, 0.4) is 0 Å². The van der Waals surface area contributed by atoms with Crippen LogP contribution < -0.4 is 5.32 Å². The Morgan fingerprint density at radius 1 is 1.45 bits per heavy atom. The molecule has 5 heteroatoms. The number of amides is 1. The summed E-state index contributed by atoms with van der Waals surface area (Å²) in [6.07, 6.45) is 0.291. The van der Waals surface area contributed by atoms with Crippen LogP contribution in [0, 0.1) is 13.8 Å². The van der Waals surface area contributed by atoms with Gasteiger partial charge in [0.1, 0.15) is 5.76 Å². The van der Waals surface area contributed by atoms with Crippen LogP contribution in [0.5, 0.6) is 0 Å². The Kier molecular flexibility index (Phi) is 4.60. The number of carbonyl (C=O) groups is 1. The Morgan fingerprint density at radius 3 is 2.80 bits per heavy atom. The van der Waals surface area contributed by atoms with E-state index in [4.69, 9.17) is 4.52 Å². The zero-order valence-electron chi connectivity index (χ0n) is 11.7. The fraction of sp³-hybridized carbons (Fsp3) is 0.333. The predicted molar refractivity (Wildman–Crippen MR) is 80.4 cm³/mol. The SMILES string of the molecule is Cc1noc(C)c1CC(=O)N[C@H](C)c1cccc(Br)c1. The smallest absolute Gasteiger partial charge is 0.225 e. The molecule has 106 valence electrons. The molecule has 0 bridgehead atoms. The number of aryl methyl sites for hydroxylation is 2. The molecule has 0 aliphatic heterocycles. The van der Waals surface area contributed by atoms with E-state index in [1.54, 1.807) is 0 Å². The first-order chi connectivity index (χ1) is 9.47. The highest BCUT2D eigenvalue weighted by molar-refractivity contribution is 9.10. The molecule has 0 saturated carbocycles. The summed E-state index contributed by atoms with van der Waals surface area (Å²) in [7, 11) is 0. The van der Waals surface area contributed by atoms with Crippen LogP contribution in [-0.2, 0) is 11.2 Å². The van der Waals surface area contributed by atoms with Crippen LogP contribution in [0.4, 0.5) is 0 Å². The molecule has 1 amide bonds. The highest BCUT2D eigenvalue weighted by Crippen LogP contribution is 2.18. The van der Waals surface area contributed by atoms with E-state index in [9.17, 15) is 4.79 Å². The third kappa shape index (κ3) is 3.48. The van der Waals surface area contributed by atoms with Gasteiger partial charge in [-0.2, -0.15) is 0 Å². The van der Waals surface area contributed by atoms with Crippen molar-refractivity contribution in [1.82, 2.24) is 10.5 Å². The zero-order chi connectivity index (χ0) is 14.7. The number of benzene rings is 1. The molecule has 2 rings (SSSR count). The normalized spacial score (nSPS) is 12.2. The summed E-state index contributed by atoms with van der Waals surface area (Å²) in [5.74, 6) is 0.666. The molecule has 1 aromatic carbocycles. The maximum absolute atomic E-state index is 12.1. The highest BCUT2D eigenvalue weighted by Gasteiger charge is 2.15. The van der Waals surface area contributed by atoms with Crippen molar-refractivity contribution < 1.29 is 9.32 Å². The molecule has 0 saturated heterocycles. The molecule has 2 aromatic rings. The highest BCUT2D eigenvalue weighted by atomic mass is 79.9. The van der Waals surface area contributed by atoms with Crippen LogP contribution in [-0.4, -0.2) is 11.1 Å². The van der Waals surface area contributed by atoms with Crippen molar-refractivity contribution in [2.45, 2.75) is 33.2 Å². The van der Waals surface area contributed by atoms with Crippen molar-refractivity contribution in [2.75, 3.05) is 0 Å². The average Bonchev–Trinajstić information content (AvgIpc) is 2.70. The van der Waals surface area contributed by atoms with Gasteiger partial charge in [0.05, 0.1) is 18.2 Å². The minimum atomic E-state index is -0.0412. The maximum atomic E-state index is 12.1. The van der Waals surface area contributed by atoms with Crippen LogP contribution in [0.25, 0.3) is 0 Å². The minimum Gasteiger partial charge on any atom is -0.361 e. The lowest BCUT2D eigenvalue weighted by Gasteiger charge is -2.14. The quantitative estimate of drug-likeness (QED) is 0.929. The van der Waals surface area contributed by atoms with Crippen LogP contribution in [0.1, 0.15) is 35.5 Å². The second kappa shape index (κ2) is 6.22. The Balaban J connectivity index is 2.01. The first-order valence-electron chi connectivity index (χ1n) is 6.44. The van der Waals surface area contributed by atoms with Gasteiger partial charge < -0.3 is 9.84 Å². The van der Waals surface area contributed by atoms with E-state index < -0.39 is 0 Å². The van der Waals surface area contributed by atoms with Crippen molar-refractivity contribution in [1.29, 1.82) is 0 Å². The van der Waals surface area contributed by atoms with Gasteiger partial charge in [-0.1, -0.05) is 33.2 Å². The molecule has 0 radical (unpaired) electrons. The van der Waals surface area contributed by atoms with Crippen molar-refractivity contribution in [2.24, 2.45) is 0 Å². The molecule has 0 fully saturated rings. The number of nitrogens with zero attached hydrogens (tertiary/aromatic N) is 1. The van der Waals surface area contributed by atoms with E-state index in [0.29, 0.717) is 12.2 Å². The average molecular weight is 337 g/mol. The van der Waals surface area contributed by atoms with E-state index in [1.807, 2.05) is 45.0 Å². The van der Waals surface area contributed by atoms with Gasteiger partial charge in [-0.05, 0) is 38.5 Å². The van der Waals surface area contributed by atoms with E-state index in [0.717, 1.165) is 21.3 Å². The van der Waals surface area contributed by atoms with Gasteiger partial charge in [0.15, 0.2) is 0 Å². The Hall–Kier alpha value is -1.62. The molecule has 1 heterocycles. The third-order valence-corrected chi connectivity index (χ3v) is 3.74. The molecule has 0 aliphatic rings. The molecule has 1 aromatic heterocycles. The number of carbonyl (C=O) groups excluding carboxylic acids is 1. The molecule has 1 atom stereocenters. The largest absolute Gasteiger partial charge is 0.361 e. The van der Waals surface area contributed by atoms with Crippen molar-refractivity contribution in [3.05, 3.63) is 51.3 Å². The van der Waals surface area contributed by atoms with E-state index >= 15 is 0 Å². The summed E-state index contributed by atoms with van der Waals surface area (Å²) >= 11 is 3.43. The summed E-state index contributed by atoms with van der Waals surface area (Å²) in [5, 5.41) is 6.84. The topological polar surface area (TPSA) is 55.1 Å². The molecule has 20 heavy (non-hydrogen) atoms. The lowest BCUT2D eigenvalue weighted by atomic mass is 10.1. The molecular weight excluding hydrogens is 320 g/mol. The third-order valence-electron chi connectivity index (χ3n) is 3.24. The predicted octanol–water partition coefficient (Wildman–Crippen LogP) is 3.47. The fourth-order valence-corrected chi connectivity index (χ4v) is 2.48. The second-order valence-electron chi connectivity index (χ2n) is 4.82. The Labute approximate surface area is 126 Å². The summed E-state index contributed by atoms with van der Waals surface area (Å²) in [5.41, 5.74) is 2.70. The minimum absolute atomic E-state index is 0.0353. The van der Waals surface area contributed by atoms with Crippen molar-refractivity contribution in [3.63, 3.8) is 0 Å².